The van der Waals surface area contributed by atoms with Crippen LogP contribution in [0.2, 0.25) is 0 Å². The number of hydrogen-bond acceptors (Lipinski definition) is 4. The zero-order chi connectivity index (χ0) is 22.4. The topological polar surface area (TPSA) is 95.6 Å². The predicted molar refractivity (Wildman–Crippen MR) is 117 cm³/mol. The SMILES string of the molecule is Cc1cccc([C@H](NC(=O)c2ccc3c(c2)CN(C2CCC(=O)NC2=O)C3=O)C2CC2)c1. The molecule has 0 radical (unpaired) electrons. The number of piperidine rings is 1. The normalized spacial score (nSPS) is 21.2. The fraction of sp³-hybridized carbons (Fsp3) is 0.360. The number of rotatable bonds is 5. The van der Waals surface area contributed by atoms with Gasteiger partial charge in [0.25, 0.3) is 11.8 Å². The minimum Gasteiger partial charge on any atom is -0.345 e. The third kappa shape index (κ3) is 3.79. The first-order chi connectivity index (χ1) is 15.4. The van der Waals surface area contributed by atoms with Gasteiger partial charge in [-0.05, 0) is 61.4 Å². The molecule has 32 heavy (non-hydrogen) atoms. The number of aryl methyl sites for hydroxylation is 1. The Morgan fingerprint density at radius 1 is 1.09 bits per heavy atom. The third-order valence-electron chi connectivity index (χ3n) is 6.57. The highest BCUT2D eigenvalue weighted by Crippen LogP contribution is 2.41. The molecule has 2 N–H and O–H groups in total. The lowest BCUT2D eigenvalue weighted by Crippen LogP contribution is -2.52. The van der Waals surface area contributed by atoms with Gasteiger partial charge < -0.3 is 10.2 Å². The van der Waals surface area contributed by atoms with Gasteiger partial charge in [0.1, 0.15) is 6.04 Å². The summed E-state index contributed by atoms with van der Waals surface area (Å²) < 4.78 is 0. The number of carbonyl (C=O) groups is 4. The molecule has 1 saturated heterocycles. The second-order valence-electron chi connectivity index (χ2n) is 8.97. The number of nitrogens with zero attached hydrogens (tertiary/aromatic N) is 1. The van der Waals surface area contributed by atoms with Crippen LogP contribution in [0.3, 0.4) is 0 Å². The van der Waals surface area contributed by atoms with Crippen molar-refractivity contribution in [3.05, 3.63) is 70.3 Å². The fourth-order valence-corrected chi connectivity index (χ4v) is 4.71. The molecule has 0 bridgehead atoms. The van der Waals surface area contributed by atoms with E-state index >= 15 is 0 Å². The number of benzene rings is 2. The summed E-state index contributed by atoms with van der Waals surface area (Å²) in [7, 11) is 0. The van der Waals surface area contributed by atoms with E-state index in [4.69, 9.17) is 0 Å². The van der Waals surface area contributed by atoms with E-state index in [2.05, 4.69) is 22.8 Å². The van der Waals surface area contributed by atoms with Crippen LogP contribution in [0.15, 0.2) is 42.5 Å². The fourth-order valence-electron chi connectivity index (χ4n) is 4.71. The number of nitrogens with one attached hydrogen (secondary N) is 2. The van der Waals surface area contributed by atoms with Crippen LogP contribution >= 0.6 is 0 Å². The number of imide groups is 1. The Hall–Kier alpha value is -3.48. The zero-order valence-corrected chi connectivity index (χ0v) is 17.9. The van der Waals surface area contributed by atoms with Crippen LogP contribution in [0.5, 0.6) is 0 Å². The Balaban J connectivity index is 1.34. The summed E-state index contributed by atoms with van der Waals surface area (Å²) >= 11 is 0. The lowest BCUT2D eigenvalue weighted by atomic mass is 9.99. The molecule has 4 amide bonds. The van der Waals surface area contributed by atoms with E-state index in [-0.39, 0.29) is 36.7 Å². The number of amides is 4. The first kappa shape index (κ1) is 20.4. The van der Waals surface area contributed by atoms with Gasteiger partial charge >= 0.3 is 0 Å². The maximum absolute atomic E-state index is 13.1. The Morgan fingerprint density at radius 2 is 1.91 bits per heavy atom. The molecule has 5 rings (SSSR count). The molecule has 7 nitrogen and oxygen atoms in total. The first-order valence-corrected chi connectivity index (χ1v) is 11.1. The van der Waals surface area contributed by atoms with Crippen molar-refractivity contribution in [3.8, 4) is 0 Å². The van der Waals surface area contributed by atoms with Gasteiger partial charge in [-0.25, -0.2) is 0 Å². The van der Waals surface area contributed by atoms with Gasteiger partial charge in [0.15, 0.2) is 0 Å². The molecule has 2 fully saturated rings. The number of fused-ring (bicyclic) bond motifs is 1. The second kappa shape index (κ2) is 7.89. The van der Waals surface area contributed by atoms with Gasteiger partial charge in [0.2, 0.25) is 11.8 Å². The van der Waals surface area contributed by atoms with Crippen molar-refractivity contribution in [1.82, 2.24) is 15.5 Å². The zero-order valence-electron chi connectivity index (χ0n) is 17.9. The quantitative estimate of drug-likeness (QED) is 0.712. The molecule has 7 heteroatoms. The van der Waals surface area contributed by atoms with Gasteiger partial charge in [0.05, 0.1) is 6.04 Å². The molecule has 0 aromatic heterocycles. The molecule has 2 aromatic rings. The van der Waals surface area contributed by atoms with E-state index in [0.29, 0.717) is 23.5 Å². The molecular weight excluding hydrogens is 406 g/mol. The standard InChI is InChI=1S/C25H25N3O4/c1-14-3-2-4-16(11-14)22(15-5-6-15)27-23(30)17-7-8-19-18(12-17)13-28(25(19)32)20-9-10-21(29)26-24(20)31/h2-4,7-8,11-12,15,20,22H,5-6,9-10,13H2,1H3,(H,27,30)(H,26,29,31)/t20?,22-/m1/s1. The van der Waals surface area contributed by atoms with E-state index in [1.54, 1.807) is 18.2 Å². The lowest BCUT2D eigenvalue weighted by molar-refractivity contribution is -0.136. The van der Waals surface area contributed by atoms with Crippen LogP contribution in [-0.2, 0) is 16.1 Å². The van der Waals surface area contributed by atoms with Crippen LogP contribution in [0.1, 0.15) is 69.1 Å². The van der Waals surface area contributed by atoms with Crippen molar-refractivity contribution in [3.63, 3.8) is 0 Å². The highest BCUT2D eigenvalue weighted by atomic mass is 16.2. The molecule has 1 aliphatic carbocycles. The van der Waals surface area contributed by atoms with E-state index in [1.807, 2.05) is 19.1 Å². The minimum atomic E-state index is -0.662. The summed E-state index contributed by atoms with van der Waals surface area (Å²) in [5.74, 6) is -0.714. The Morgan fingerprint density at radius 3 is 2.62 bits per heavy atom. The Labute approximate surface area is 186 Å². The van der Waals surface area contributed by atoms with E-state index in [0.717, 1.165) is 29.5 Å². The van der Waals surface area contributed by atoms with Gasteiger partial charge in [0, 0.05) is 24.1 Å². The summed E-state index contributed by atoms with van der Waals surface area (Å²) in [4.78, 5) is 51.1. The van der Waals surface area contributed by atoms with Crippen molar-refractivity contribution in [2.24, 2.45) is 5.92 Å². The Kier molecular flexibility index (Phi) is 5.04. The number of hydrogen-bond donors (Lipinski definition) is 2. The van der Waals surface area contributed by atoms with Crippen LogP contribution in [0.25, 0.3) is 0 Å². The van der Waals surface area contributed by atoms with Gasteiger partial charge in [-0.3, -0.25) is 24.5 Å². The van der Waals surface area contributed by atoms with Crippen molar-refractivity contribution >= 4 is 23.6 Å². The number of carbonyl (C=O) groups excluding carboxylic acids is 4. The average molecular weight is 431 g/mol. The van der Waals surface area contributed by atoms with Gasteiger partial charge in [-0.2, -0.15) is 0 Å². The van der Waals surface area contributed by atoms with Crippen molar-refractivity contribution in [2.45, 2.75) is 51.2 Å². The van der Waals surface area contributed by atoms with Crippen molar-refractivity contribution < 1.29 is 19.2 Å². The van der Waals surface area contributed by atoms with Crippen molar-refractivity contribution in [2.75, 3.05) is 0 Å². The molecule has 3 aliphatic rings. The summed E-state index contributed by atoms with van der Waals surface area (Å²) in [5, 5.41) is 5.49. The van der Waals surface area contributed by atoms with Crippen LogP contribution in [0.4, 0.5) is 0 Å². The lowest BCUT2D eigenvalue weighted by Gasteiger charge is -2.29. The first-order valence-electron chi connectivity index (χ1n) is 11.1. The minimum absolute atomic E-state index is 0.0303. The van der Waals surface area contributed by atoms with Crippen molar-refractivity contribution in [1.29, 1.82) is 0 Å². The van der Waals surface area contributed by atoms with E-state index < -0.39 is 11.9 Å². The molecular formula is C25H25N3O4. The molecule has 1 saturated carbocycles. The molecule has 1 unspecified atom stereocenters. The smallest absolute Gasteiger partial charge is 0.255 e. The molecule has 2 aromatic carbocycles. The van der Waals surface area contributed by atoms with E-state index in [1.165, 1.54) is 4.90 Å². The summed E-state index contributed by atoms with van der Waals surface area (Å²) in [5.41, 5.74) is 4.00. The van der Waals surface area contributed by atoms with Gasteiger partial charge in [-0.1, -0.05) is 29.8 Å². The second-order valence-corrected chi connectivity index (χ2v) is 8.97. The predicted octanol–water partition coefficient (Wildman–Crippen LogP) is 2.64. The molecule has 164 valence electrons. The summed E-state index contributed by atoms with van der Waals surface area (Å²) in [6, 6.07) is 12.6. The van der Waals surface area contributed by atoms with Gasteiger partial charge in [-0.15, -0.1) is 0 Å². The summed E-state index contributed by atoms with van der Waals surface area (Å²) in [6.07, 6.45) is 2.72. The largest absolute Gasteiger partial charge is 0.345 e. The highest BCUT2D eigenvalue weighted by Gasteiger charge is 2.39. The third-order valence-corrected chi connectivity index (χ3v) is 6.57. The average Bonchev–Trinajstić information content (AvgIpc) is 3.56. The Bertz CT molecular complexity index is 1140. The summed E-state index contributed by atoms with van der Waals surface area (Å²) in [6.45, 7) is 2.30. The molecule has 0 spiro atoms. The molecule has 2 aliphatic heterocycles. The monoisotopic (exact) mass is 431 g/mol. The maximum Gasteiger partial charge on any atom is 0.255 e. The highest BCUT2D eigenvalue weighted by molar-refractivity contribution is 6.06. The van der Waals surface area contributed by atoms with E-state index in [9.17, 15) is 19.2 Å². The van der Waals surface area contributed by atoms with Crippen LogP contribution in [0, 0.1) is 12.8 Å². The van der Waals surface area contributed by atoms with Crippen LogP contribution < -0.4 is 10.6 Å². The van der Waals surface area contributed by atoms with Crippen LogP contribution in [-0.4, -0.2) is 34.6 Å². The molecule has 2 atom stereocenters. The molecule has 2 heterocycles. The maximum atomic E-state index is 13.1.